The average Bonchev–Trinajstić information content (AvgIpc) is 2.70. The number of nitrogens with zero attached hydrogens (tertiary/aromatic N) is 1. The highest BCUT2D eigenvalue weighted by Crippen LogP contribution is 2.38. The Labute approximate surface area is 174 Å². The number of benzene rings is 3. The van der Waals surface area contributed by atoms with Crippen LogP contribution in [0.4, 0.5) is 0 Å². The zero-order valence-corrected chi connectivity index (χ0v) is 16.8. The summed E-state index contributed by atoms with van der Waals surface area (Å²) in [7, 11) is 0. The molecule has 0 aliphatic carbocycles. The Balaban J connectivity index is 1.81. The van der Waals surface area contributed by atoms with Crippen molar-refractivity contribution >= 4 is 39.9 Å². The van der Waals surface area contributed by atoms with E-state index in [4.69, 9.17) is 23.2 Å². The Bertz CT molecular complexity index is 1020. The van der Waals surface area contributed by atoms with Crippen LogP contribution in [0, 0.1) is 5.92 Å². The number of hydrogen-bond acceptors (Lipinski definition) is 2. The van der Waals surface area contributed by atoms with Crippen LogP contribution in [0.1, 0.15) is 30.0 Å². The Morgan fingerprint density at radius 2 is 1.82 bits per heavy atom. The lowest BCUT2D eigenvalue weighted by Crippen LogP contribution is -2.41. The Morgan fingerprint density at radius 3 is 2.57 bits per heavy atom. The van der Waals surface area contributed by atoms with Gasteiger partial charge in [0.25, 0.3) is 0 Å². The molecule has 2 unspecified atom stereocenters. The van der Waals surface area contributed by atoms with Crippen molar-refractivity contribution in [1.82, 2.24) is 4.90 Å². The molecular formula is C23H21Cl2NO2. The highest BCUT2D eigenvalue weighted by molar-refractivity contribution is 6.35. The highest BCUT2D eigenvalue weighted by atomic mass is 35.5. The summed E-state index contributed by atoms with van der Waals surface area (Å²) >= 11 is 12.7. The molecule has 3 nitrogen and oxygen atoms in total. The molecule has 3 aromatic rings. The van der Waals surface area contributed by atoms with E-state index >= 15 is 0 Å². The molecule has 3 aromatic carbocycles. The fourth-order valence-electron chi connectivity index (χ4n) is 4.13. The first-order valence-electron chi connectivity index (χ1n) is 9.43. The molecule has 0 bridgehead atoms. The number of aliphatic carboxylic acids is 1. The second-order valence-corrected chi connectivity index (χ2v) is 8.19. The second kappa shape index (κ2) is 8.12. The van der Waals surface area contributed by atoms with E-state index in [1.807, 2.05) is 24.3 Å². The molecule has 4 rings (SSSR count). The number of fused-ring (bicyclic) bond motifs is 1. The van der Waals surface area contributed by atoms with E-state index in [0.29, 0.717) is 23.0 Å². The summed E-state index contributed by atoms with van der Waals surface area (Å²) in [6.45, 7) is 1.34. The molecule has 0 saturated carbocycles. The van der Waals surface area contributed by atoms with Crippen molar-refractivity contribution in [3.63, 3.8) is 0 Å². The Morgan fingerprint density at radius 1 is 1.04 bits per heavy atom. The molecule has 1 heterocycles. The summed E-state index contributed by atoms with van der Waals surface area (Å²) in [5.74, 6) is -1.09. The molecule has 1 aliphatic heterocycles. The number of rotatable bonds is 4. The SMILES string of the molecule is O=C(O)C1CCCN(C(c2ccc3ccccc3c2)c2ccc(Cl)cc2Cl)C1. The molecule has 0 amide bonds. The lowest BCUT2D eigenvalue weighted by atomic mass is 9.90. The van der Waals surface area contributed by atoms with E-state index in [-0.39, 0.29) is 12.0 Å². The molecule has 1 N–H and O–H groups in total. The van der Waals surface area contributed by atoms with E-state index in [9.17, 15) is 9.90 Å². The lowest BCUT2D eigenvalue weighted by molar-refractivity contribution is -0.143. The molecule has 1 aliphatic rings. The number of halogens is 2. The van der Waals surface area contributed by atoms with Gasteiger partial charge in [0.1, 0.15) is 0 Å². The van der Waals surface area contributed by atoms with Crippen LogP contribution in [0.2, 0.25) is 10.0 Å². The third kappa shape index (κ3) is 3.88. The maximum absolute atomic E-state index is 11.6. The first-order valence-corrected chi connectivity index (χ1v) is 10.2. The Hall–Kier alpha value is -2.07. The standard InChI is InChI=1S/C23H21Cl2NO2/c24-19-9-10-20(21(25)13-19)22(26-11-3-6-18(14-26)23(27)28)17-8-7-15-4-1-2-5-16(15)12-17/h1-2,4-5,7-10,12-13,18,22H,3,6,11,14H2,(H,27,28). The first kappa shape index (κ1) is 19.3. The summed E-state index contributed by atoms with van der Waals surface area (Å²) < 4.78 is 0. The fourth-order valence-corrected chi connectivity index (χ4v) is 4.64. The highest BCUT2D eigenvalue weighted by Gasteiger charge is 2.32. The van der Waals surface area contributed by atoms with Crippen molar-refractivity contribution in [2.45, 2.75) is 18.9 Å². The van der Waals surface area contributed by atoms with E-state index in [1.165, 1.54) is 5.39 Å². The minimum Gasteiger partial charge on any atom is -0.481 e. The number of carboxylic acid groups (broad SMARTS) is 1. The minimum atomic E-state index is -0.732. The third-order valence-corrected chi connectivity index (χ3v) is 6.08. The van der Waals surface area contributed by atoms with Crippen LogP contribution in [0.25, 0.3) is 10.8 Å². The zero-order valence-electron chi connectivity index (χ0n) is 15.3. The van der Waals surface area contributed by atoms with Gasteiger partial charge >= 0.3 is 5.97 Å². The van der Waals surface area contributed by atoms with Gasteiger partial charge in [-0.1, -0.05) is 65.7 Å². The molecule has 0 spiro atoms. The van der Waals surface area contributed by atoms with Gasteiger partial charge in [0.2, 0.25) is 0 Å². The number of piperidine rings is 1. The van der Waals surface area contributed by atoms with Gasteiger partial charge in [-0.05, 0) is 59.5 Å². The quantitative estimate of drug-likeness (QED) is 0.567. The number of likely N-dealkylation sites (tertiary alicyclic amines) is 1. The van der Waals surface area contributed by atoms with Gasteiger partial charge in [-0.25, -0.2) is 0 Å². The van der Waals surface area contributed by atoms with Crippen LogP contribution < -0.4 is 0 Å². The Kier molecular flexibility index (Phi) is 5.58. The van der Waals surface area contributed by atoms with Crippen LogP contribution in [-0.4, -0.2) is 29.1 Å². The molecule has 2 atom stereocenters. The lowest BCUT2D eigenvalue weighted by Gasteiger charge is -2.38. The summed E-state index contributed by atoms with van der Waals surface area (Å²) in [5.41, 5.74) is 2.06. The predicted octanol–water partition coefficient (Wildman–Crippen LogP) is 6.03. The molecule has 0 radical (unpaired) electrons. The molecule has 5 heteroatoms. The monoisotopic (exact) mass is 413 g/mol. The number of hydrogen-bond donors (Lipinski definition) is 1. The van der Waals surface area contributed by atoms with Crippen LogP contribution in [-0.2, 0) is 4.79 Å². The maximum atomic E-state index is 11.6. The average molecular weight is 414 g/mol. The smallest absolute Gasteiger partial charge is 0.307 e. The van der Waals surface area contributed by atoms with Crippen LogP contribution in [0.15, 0.2) is 60.7 Å². The van der Waals surface area contributed by atoms with E-state index in [0.717, 1.165) is 29.5 Å². The topological polar surface area (TPSA) is 40.5 Å². The molecule has 1 saturated heterocycles. The minimum absolute atomic E-state index is 0.114. The molecule has 28 heavy (non-hydrogen) atoms. The number of carbonyl (C=O) groups is 1. The van der Waals surface area contributed by atoms with E-state index in [1.54, 1.807) is 6.07 Å². The van der Waals surface area contributed by atoms with Gasteiger partial charge in [0, 0.05) is 16.6 Å². The van der Waals surface area contributed by atoms with Gasteiger partial charge in [-0.15, -0.1) is 0 Å². The zero-order chi connectivity index (χ0) is 19.7. The summed E-state index contributed by atoms with van der Waals surface area (Å²) in [6, 6.07) is 20.1. The van der Waals surface area contributed by atoms with Crippen molar-refractivity contribution in [1.29, 1.82) is 0 Å². The molecule has 1 fully saturated rings. The largest absolute Gasteiger partial charge is 0.481 e. The predicted molar refractivity (Wildman–Crippen MR) is 114 cm³/mol. The summed E-state index contributed by atoms with van der Waals surface area (Å²) in [6.07, 6.45) is 1.57. The van der Waals surface area contributed by atoms with Crippen LogP contribution in [0.5, 0.6) is 0 Å². The molecule has 0 aromatic heterocycles. The first-order chi connectivity index (χ1) is 13.5. The van der Waals surface area contributed by atoms with Gasteiger partial charge in [-0.3, -0.25) is 9.69 Å². The second-order valence-electron chi connectivity index (χ2n) is 7.35. The van der Waals surface area contributed by atoms with Gasteiger partial charge in [0.05, 0.1) is 12.0 Å². The van der Waals surface area contributed by atoms with Crippen molar-refractivity contribution in [3.8, 4) is 0 Å². The molecular weight excluding hydrogens is 393 g/mol. The van der Waals surface area contributed by atoms with Crippen LogP contribution in [0.3, 0.4) is 0 Å². The van der Waals surface area contributed by atoms with Crippen LogP contribution >= 0.6 is 23.2 Å². The normalized spacial score (nSPS) is 18.9. The van der Waals surface area contributed by atoms with Gasteiger partial charge in [0.15, 0.2) is 0 Å². The van der Waals surface area contributed by atoms with E-state index < -0.39 is 5.97 Å². The van der Waals surface area contributed by atoms with E-state index in [2.05, 4.69) is 35.2 Å². The van der Waals surface area contributed by atoms with Crippen molar-refractivity contribution in [3.05, 3.63) is 81.8 Å². The third-order valence-electron chi connectivity index (χ3n) is 5.51. The van der Waals surface area contributed by atoms with Crippen molar-refractivity contribution in [2.24, 2.45) is 5.92 Å². The fraction of sp³-hybridized carbons (Fsp3) is 0.261. The van der Waals surface area contributed by atoms with Crippen molar-refractivity contribution < 1.29 is 9.90 Å². The summed E-state index contributed by atoms with van der Waals surface area (Å²) in [4.78, 5) is 13.8. The van der Waals surface area contributed by atoms with Gasteiger partial charge < -0.3 is 5.11 Å². The number of carboxylic acids is 1. The molecule has 144 valence electrons. The van der Waals surface area contributed by atoms with Crippen molar-refractivity contribution in [2.75, 3.05) is 13.1 Å². The summed E-state index contributed by atoms with van der Waals surface area (Å²) in [5, 5.41) is 13.1. The van der Waals surface area contributed by atoms with Gasteiger partial charge in [-0.2, -0.15) is 0 Å². The maximum Gasteiger partial charge on any atom is 0.307 e.